The second-order valence-corrected chi connectivity index (χ2v) is 6.23. The zero-order chi connectivity index (χ0) is 17.0. The molecule has 1 aliphatic carbocycles. The van der Waals surface area contributed by atoms with Crippen molar-refractivity contribution in [2.24, 2.45) is 0 Å². The lowest BCUT2D eigenvalue weighted by Crippen LogP contribution is -2.42. The molecule has 1 amide bonds. The number of hydrogen-bond acceptors (Lipinski definition) is 4. The van der Waals surface area contributed by atoms with Crippen molar-refractivity contribution < 1.29 is 9.53 Å². The molecule has 24 heavy (non-hydrogen) atoms. The van der Waals surface area contributed by atoms with Crippen molar-refractivity contribution in [3.8, 4) is 5.75 Å². The maximum absolute atomic E-state index is 13.0. The standard InChI is InChI=1S/C18H24N4O2/c1-3-22-13-20-21-16(22)12-19-17(23)18(10-4-5-11-18)14-6-8-15(24-2)9-7-14/h6-9,13H,3-5,10-12H2,1-2H3,(H,19,23). The highest BCUT2D eigenvalue weighted by Crippen LogP contribution is 2.41. The molecule has 0 aliphatic heterocycles. The average molecular weight is 328 g/mol. The number of nitrogens with zero attached hydrogens (tertiary/aromatic N) is 3. The normalized spacial score (nSPS) is 16.1. The summed E-state index contributed by atoms with van der Waals surface area (Å²) in [7, 11) is 1.65. The number of aryl methyl sites for hydroxylation is 1. The van der Waals surface area contributed by atoms with Crippen LogP contribution in [0.3, 0.4) is 0 Å². The Morgan fingerprint density at radius 2 is 2.00 bits per heavy atom. The van der Waals surface area contributed by atoms with E-state index < -0.39 is 5.41 Å². The predicted octanol–water partition coefficient (Wildman–Crippen LogP) is 2.43. The van der Waals surface area contributed by atoms with Crippen LogP contribution in [0.2, 0.25) is 0 Å². The number of benzene rings is 1. The predicted molar refractivity (Wildman–Crippen MR) is 90.7 cm³/mol. The molecule has 6 nitrogen and oxygen atoms in total. The number of carbonyl (C=O) groups is 1. The Morgan fingerprint density at radius 1 is 1.29 bits per heavy atom. The minimum absolute atomic E-state index is 0.0795. The van der Waals surface area contributed by atoms with Crippen molar-refractivity contribution >= 4 is 5.91 Å². The van der Waals surface area contributed by atoms with Crippen molar-refractivity contribution in [2.45, 2.75) is 51.1 Å². The summed E-state index contributed by atoms with van der Waals surface area (Å²) in [5.74, 6) is 1.67. The molecule has 0 spiro atoms. The van der Waals surface area contributed by atoms with E-state index in [1.165, 1.54) is 0 Å². The van der Waals surface area contributed by atoms with Crippen LogP contribution in [0, 0.1) is 0 Å². The van der Waals surface area contributed by atoms with E-state index in [1.54, 1.807) is 13.4 Å². The lowest BCUT2D eigenvalue weighted by Gasteiger charge is -2.28. The fourth-order valence-electron chi connectivity index (χ4n) is 3.54. The Morgan fingerprint density at radius 3 is 2.62 bits per heavy atom. The molecule has 1 aromatic carbocycles. The first kappa shape index (κ1) is 16.5. The summed E-state index contributed by atoms with van der Waals surface area (Å²) in [6, 6.07) is 7.88. The molecule has 1 aromatic heterocycles. The molecule has 6 heteroatoms. The van der Waals surface area contributed by atoms with Crippen molar-refractivity contribution in [3.05, 3.63) is 42.0 Å². The van der Waals surface area contributed by atoms with Gasteiger partial charge < -0.3 is 14.6 Å². The van der Waals surface area contributed by atoms with Gasteiger partial charge in [-0.3, -0.25) is 4.79 Å². The Labute approximate surface area is 142 Å². The minimum Gasteiger partial charge on any atom is -0.497 e. The lowest BCUT2D eigenvalue weighted by atomic mass is 9.78. The molecule has 1 fully saturated rings. The molecule has 0 bridgehead atoms. The second kappa shape index (κ2) is 7.03. The van der Waals surface area contributed by atoms with Crippen LogP contribution in [0.4, 0.5) is 0 Å². The van der Waals surface area contributed by atoms with Crippen molar-refractivity contribution in [3.63, 3.8) is 0 Å². The second-order valence-electron chi connectivity index (χ2n) is 6.23. The highest BCUT2D eigenvalue weighted by Gasteiger charge is 2.42. The van der Waals surface area contributed by atoms with Gasteiger partial charge in [0.05, 0.1) is 19.1 Å². The van der Waals surface area contributed by atoms with Crippen LogP contribution >= 0.6 is 0 Å². The number of nitrogens with one attached hydrogen (secondary N) is 1. The zero-order valence-electron chi connectivity index (χ0n) is 14.3. The fourth-order valence-corrected chi connectivity index (χ4v) is 3.54. The summed E-state index contributed by atoms with van der Waals surface area (Å²) in [6.45, 7) is 3.23. The zero-order valence-corrected chi connectivity index (χ0v) is 14.3. The maximum atomic E-state index is 13.0. The Kier molecular flexibility index (Phi) is 4.83. The summed E-state index contributed by atoms with van der Waals surface area (Å²) in [4.78, 5) is 13.0. The van der Waals surface area contributed by atoms with Gasteiger partial charge in [-0.05, 0) is 37.5 Å². The molecule has 0 unspecified atom stereocenters. The molecule has 0 radical (unpaired) electrons. The molecule has 0 saturated heterocycles. The van der Waals surface area contributed by atoms with Gasteiger partial charge in [0.15, 0.2) is 5.82 Å². The molecule has 1 heterocycles. The molecular weight excluding hydrogens is 304 g/mol. The van der Waals surface area contributed by atoms with Gasteiger partial charge in [-0.2, -0.15) is 0 Å². The first-order valence-corrected chi connectivity index (χ1v) is 8.49. The van der Waals surface area contributed by atoms with Crippen molar-refractivity contribution in [1.29, 1.82) is 0 Å². The Bertz CT molecular complexity index is 687. The number of rotatable bonds is 6. The van der Waals surface area contributed by atoms with E-state index in [1.807, 2.05) is 35.8 Å². The highest BCUT2D eigenvalue weighted by molar-refractivity contribution is 5.88. The monoisotopic (exact) mass is 328 g/mol. The van der Waals surface area contributed by atoms with Crippen LogP contribution in [-0.2, 0) is 23.3 Å². The van der Waals surface area contributed by atoms with E-state index in [9.17, 15) is 4.79 Å². The van der Waals surface area contributed by atoms with Crippen molar-refractivity contribution in [1.82, 2.24) is 20.1 Å². The van der Waals surface area contributed by atoms with Gasteiger partial charge in [-0.15, -0.1) is 10.2 Å². The van der Waals surface area contributed by atoms with Gasteiger partial charge in [0, 0.05) is 6.54 Å². The summed E-state index contributed by atoms with van der Waals surface area (Å²) < 4.78 is 7.17. The van der Waals surface area contributed by atoms with Gasteiger partial charge in [-0.1, -0.05) is 25.0 Å². The SMILES string of the molecule is CCn1cnnc1CNC(=O)C1(c2ccc(OC)cc2)CCCC1. The van der Waals surface area contributed by atoms with Crippen LogP contribution in [0.5, 0.6) is 5.75 Å². The van der Waals surface area contributed by atoms with E-state index in [2.05, 4.69) is 15.5 Å². The van der Waals surface area contributed by atoms with E-state index in [0.29, 0.717) is 6.54 Å². The number of ether oxygens (including phenoxy) is 1. The number of methoxy groups -OCH3 is 1. The van der Waals surface area contributed by atoms with Crippen LogP contribution in [0.1, 0.15) is 44.0 Å². The van der Waals surface area contributed by atoms with E-state index in [4.69, 9.17) is 4.74 Å². The smallest absolute Gasteiger partial charge is 0.231 e. The molecule has 0 atom stereocenters. The highest BCUT2D eigenvalue weighted by atomic mass is 16.5. The fraction of sp³-hybridized carbons (Fsp3) is 0.500. The third-order valence-electron chi connectivity index (χ3n) is 4.98. The largest absolute Gasteiger partial charge is 0.497 e. The molecule has 3 rings (SSSR count). The van der Waals surface area contributed by atoms with Gasteiger partial charge in [0.25, 0.3) is 0 Å². The maximum Gasteiger partial charge on any atom is 0.231 e. The summed E-state index contributed by atoms with van der Waals surface area (Å²) in [5.41, 5.74) is 0.624. The number of hydrogen-bond donors (Lipinski definition) is 1. The molecule has 1 aliphatic rings. The van der Waals surface area contributed by atoms with Gasteiger partial charge in [-0.25, -0.2) is 0 Å². The van der Waals surface area contributed by atoms with Gasteiger partial charge in [0.2, 0.25) is 5.91 Å². The molecular formula is C18H24N4O2. The average Bonchev–Trinajstić information content (AvgIpc) is 3.29. The molecule has 2 aromatic rings. The topological polar surface area (TPSA) is 69.0 Å². The van der Waals surface area contributed by atoms with Crippen molar-refractivity contribution in [2.75, 3.05) is 7.11 Å². The van der Waals surface area contributed by atoms with Gasteiger partial charge >= 0.3 is 0 Å². The van der Waals surface area contributed by atoms with Crippen LogP contribution in [0.25, 0.3) is 0 Å². The third-order valence-corrected chi connectivity index (χ3v) is 4.98. The van der Waals surface area contributed by atoms with Crippen LogP contribution < -0.4 is 10.1 Å². The lowest BCUT2D eigenvalue weighted by molar-refractivity contribution is -0.126. The minimum atomic E-state index is -0.441. The van der Waals surface area contributed by atoms with Crippen LogP contribution in [0.15, 0.2) is 30.6 Å². The summed E-state index contributed by atoms with van der Waals surface area (Å²) >= 11 is 0. The van der Waals surface area contributed by atoms with Gasteiger partial charge in [0.1, 0.15) is 12.1 Å². The molecule has 128 valence electrons. The first-order chi connectivity index (χ1) is 11.7. The Balaban J connectivity index is 1.78. The molecule has 1 saturated carbocycles. The third kappa shape index (κ3) is 3.00. The quantitative estimate of drug-likeness (QED) is 0.884. The Hall–Kier alpha value is -2.37. The number of aromatic nitrogens is 3. The van der Waals surface area contributed by atoms with E-state index >= 15 is 0 Å². The van der Waals surface area contributed by atoms with Crippen LogP contribution in [-0.4, -0.2) is 27.8 Å². The van der Waals surface area contributed by atoms with E-state index in [-0.39, 0.29) is 5.91 Å². The first-order valence-electron chi connectivity index (χ1n) is 8.49. The van der Waals surface area contributed by atoms with E-state index in [0.717, 1.165) is 49.4 Å². The number of carbonyl (C=O) groups excluding carboxylic acids is 1. The number of amides is 1. The summed E-state index contributed by atoms with van der Waals surface area (Å²) in [5, 5.41) is 11.1. The summed E-state index contributed by atoms with van der Waals surface area (Å²) in [6.07, 6.45) is 5.60. The molecule has 1 N–H and O–H groups in total.